The van der Waals surface area contributed by atoms with Crippen molar-refractivity contribution in [2.75, 3.05) is 10.6 Å². The molecule has 6 aromatic carbocycles. The Morgan fingerprint density at radius 1 is 0.468 bits per heavy atom. The normalized spacial score (nSPS) is 10.5. The molecule has 0 aliphatic rings. The van der Waals surface area contributed by atoms with Gasteiger partial charge in [-0.25, -0.2) is 9.59 Å². The molecule has 9 nitrogen and oxygen atoms in total. The predicted molar refractivity (Wildman–Crippen MR) is 179 cm³/mol. The number of amides is 2. The number of benzene rings is 6. The summed E-state index contributed by atoms with van der Waals surface area (Å²) in [5.41, 5.74) is 3.24. The van der Waals surface area contributed by atoms with Crippen LogP contribution in [0, 0.1) is 0 Å². The van der Waals surface area contributed by atoms with Crippen LogP contribution in [0.4, 0.5) is 21.0 Å². The molecule has 0 bridgehead atoms. The third kappa shape index (κ3) is 7.86. The van der Waals surface area contributed by atoms with Crippen molar-refractivity contribution < 1.29 is 34.0 Å². The van der Waals surface area contributed by atoms with Gasteiger partial charge in [0.1, 0.15) is 34.5 Å². The summed E-state index contributed by atoms with van der Waals surface area (Å²) >= 11 is 0. The molecule has 0 saturated carbocycles. The van der Waals surface area contributed by atoms with Crippen LogP contribution in [0.5, 0.6) is 34.5 Å². The van der Waals surface area contributed by atoms with Crippen LogP contribution in [0.1, 0.15) is 0 Å². The van der Waals surface area contributed by atoms with Crippen LogP contribution in [0.15, 0.2) is 146 Å². The van der Waals surface area contributed by atoms with E-state index in [0.29, 0.717) is 56.6 Å². The number of nitrogens with one attached hydrogen (secondary N) is 2. The maximum atomic E-state index is 12.6. The lowest BCUT2D eigenvalue weighted by molar-refractivity contribution is 0.214. The van der Waals surface area contributed by atoms with E-state index in [1.165, 1.54) is 0 Å². The SMILES string of the molecule is O=C(Nc1ccc(Oc2ccc(NC(=O)Oc3ccccc3)cc2-c2cccc(O)c2)c(-c2cccc(O)c2)c1)Oc1ccccc1. The van der Waals surface area contributed by atoms with E-state index in [1.54, 1.807) is 133 Å². The monoisotopic (exact) mass is 624 g/mol. The Bertz CT molecular complexity index is 1890. The molecule has 0 saturated heterocycles. The topological polar surface area (TPSA) is 126 Å². The van der Waals surface area contributed by atoms with Crippen molar-refractivity contribution in [2.45, 2.75) is 0 Å². The number of hydrogen-bond acceptors (Lipinski definition) is 7. The second kappa shape index (κ2) is 13.9. The summed E-state index contributed by atoms with van der Waals surface area (Å²) in [5.74, 6) is 1.70. The van der Waals surface area contributed by atoms with Crippen molar-refractivity contribution in [3.63, 3.8) is 0 Å². The lowest BCUT2D eigenvalue weighted by Gasteiger charge is -2.17. The van der Waals surface area contributed by atoms with E-state index in [9.17, 15) is 19.8 Å². The Labute approximate surface area is 270 Å². The van der Waals surface area contributed by atoms with Crippen LogP contribution in [-0.4, -0.2) is 22.4 Å². The van der Waals surface area contributed by atoms with Crippen LogP contribution in [0.25, 0.3) is 22.3 Å². The van der Waals surface area contributed by atoms with E-state index in [4.69, 9.17) is 14.2 Å². The van der Waals surface area contributed by atoms with E-state index < -0.39 is 12.2 Å². The van der Waals surface area contributed by atoms with Gasteiger partial charge in [0.25, 0.3) is 0 Å². The Kier molecular flexibility index (Phi) is 8.97. The van der Waals surface area contributed by atoms with Gasteiger partial charge in [-0.3, -0.25) is 10.6 Å². The average Bonchev–Trinajstić information content (AvgIpc) is 3.07. The van der Waals surface area contributed by atoms with Crippen molar-refractivity contribution in [3.05, 3.63) is 146 Å². The maximum Gasteiger partial charge on any atom is 0.417 e. The fraction of sp³-hybridized carbons (Fsp3) is 0. The Morgan fingerprint density at radius 3 is 1.30 bits per heavy atom. The smallest absolute Gasteiger partial charge is 0.417 e. The lowest BCUT2D eigenvalue weighted by Crippen LogP contribution is -2.16. The quantitative estimate of drug-likeness (QED) is 0.133. The van der Waals surface area contributed by atoms with E-state index >= 15 is 0 Å². The molecule has 0 radical (unpaired) electrons. The number of phenols is 2. The summed E-state index contributed by atoms with van der Waals surface area (Å²) in [6.45, 7) is 0. The first-order chi connectivity index (χ1) is 22.9. The van der Waals surface area contributed by atoms with Gasteiger partial charge in [0.05, 0.1) is 0 Å². The zero-order valence-corrected chi connectivity index (χ0v) is 24.8. The number of carbonyl (C=O) groups is 2. The molecular formula is C38H28N2O7. The molecule has 9 heteroatoms. The van der Waals surface area contributed by atoms with Crippen LogP contribution < -0.4 is 24.8 Å². The number of phenolic OH excluding ortho intramolecular Hbond substituents is 2. The van der Waals surface area contributed by atoms with Gasteiger partial charge in [-0.2, -0.15) is 0 Å². The van der Waals surface area contributed by atoms with Crippen molar-refractivity contribution in [1.29, 1.82) is 0 Å². The highest BCUT2D eigenvalue weighted by molar-refractivity contribution is 5.90. The Hall–Kier alpha value is -6.74. The number of anilines is 2. The predicted octanol–water partition coefficient (Wildman–Crippen LogP) is 9.45. The van der Waals surface area contributed by atoms with Crippen molar-refractivity contribution in [1.82, 2.24) is 0 Å². The van der Waals surface area contributed by atoms with Crippen LogP contribution in [0.3, 0.4) is 0 Å². The van der Waals surface area contributed by atoms with Crippen molar-refractivity contribution in [2.24, 2.45) is 0 Å². The van der Waals surface area contributed by atoms with Gasteiger partial charge >= 0.3 is 12.2 Å². The van der Waals surface area contributed by atoms with Gasteiger partial charge in [0.15, 0.2) is 0 Å². The maximum absolute atomic E-state index is 12.6. The number of carbonyl (C=O) groups excluding carboxylic acids is 2. The molecule has 0 aromatic heterocycles. The molecule has 4 N–H and O–H groups in total. The first kappa shape index (κ1) is 30.3. The molecule has 0 heterocycles. The molecule has 0 aliphatic carbocycles. The molecule has 2 amide bonds. The van der Waals surface area contributed by atoms with Crippen LogP contribution in [-0.2, 0) is 0 Å². The highest BCUT2D eigenvalue weighted by Crippen LogP contribution is 2.41. The van der Waals surface area contributed by atoms with Gasteiger partial charge in [-0.1, -0.05) is 60.7 Å². The minimum Gasteiger partial charge on any atom is -0.508 e. The van der Waals surface area contributed by atoms with E-state index in [2.05, 4.69) is 10.6 Å². The molecule has 0 atom stereocenters. The molecule has 47 heavy (non-hydrogen) atoms. The first-order valence-electron chi connectivity index (χ1n) is 14.5. The minimum atomic E-state index is -0.674. The second-order valence-electron chi connectivity index (χ2n) is 10.3. The summed E-state index contributed by atoms with van der Waals surface area (Å²) in [7, 11) is 0. The fourth-order valence-electron chi connectivity index (χ4n) is 4.79. The summed E-state index contributed by atoms with van der Waals surface area (Å²) in [6, 6.07) is 40.8. The second-order valence-corrected chi connectivity index (χ2v) is 10.3. The fourth-order valence-corrected chi connectivity index (χ4v) is 4.79. The number of aromatic hydroxyl groups is 2. The standard InChI is InChI=1S/C38H28N2O7/c41-29-11-7-9-25(21-29)33-23-27(39-37(43)45-31-13-3-1-4-14-31)17-19-35(33)47-36-20-18-28(24-34(36)26-10-8-12-30(42)22-26)40-38(44)46-32-15-5-2-6-16-32/h1-24,41-42H,(H,39,43)(H,40,44). The number of hydrogen-bond donors (Lipinski definition) is 4. The van der Waals surface area contributed by atoms with Gasteiger partial charge in [-0.15, -0.1) is 0 Å². The average molecular weight is 625 g/mol. The van der Waals surface area contributed by atoms with Gasteiger partial charge in [0, 0.05) is 22.5 Å². The molecule has 0 spiro atoms. The molecule has 0 aliphatic heterocycles. The molecule has 0 fully saturated rings. The van der Waals surface area contributed by atoms with Gasteiger partial charge in [0.2, 0.25) is 0 Å². The third-order valence-corrected chi connectivity index (χ3v) is 6.89. The Morgan fingerprint density at radius 2 is 0.894 bits per heavy atom. The van der Waals surface area contributed by atoms with E-state index in [0.717, 1.165) is 0 Å². The van der Waals surface area contributed by atoms with Gasteiger partial charge in [-0.05, 0) is 96.1 Å². The van der Waals surface area contributed by atoms with Crippen molar-refractivity contribution in [3.8, 4) is 56.8 Å². The summed E-state index contributed by atoms with van der Waals surface area (Å²) < 4.78 is 17.2. The summed E-state index contributed by atoms with van der Waals surface area (Å²) in [5, 5.41) is 26.0. The highest BCUT2D eigenvalue weighted by Gasteiger charge is 2.16. The number of ether oxygens (including phenoxy) is 3. The lowest BCUT2D eigenvalue weighted by atomic mass is 10.0. The molecule has 6 aromatic rings. The number of rotatable bonds is 8. The zero-order valence-electron chi connectivity index (χ0n) is 24.8. The third-order valence-electron chi connectivity index (χ3n) is 6.89. The molecule has 232 valence electrons. The number of para-hydroxylation sites is 2. The minimum absolute atomic E-state index is 0.0496. The largest absolute Gasteiger partial charge is 0.508 e. The van der Waals surface area contributed by atoms with Crippen molar-refractivity contribution >= 4 is 23.6 Å². The molecule has 6 rings (SSSR count). The van der Waals surface area contributed by atoms with Crippen LogP contribution >= 0.6 is 0 Å². The van der Waals surface area contributed by atoms with E-state index in [1.807, 2.05) is 12.1 Å². The molecule has 0 unspecified atom stereocenters. The molecular weight excluding hydrogens is 596 g/mol. The highest BCUT2D eigenvalue weighted by atomic mass is 16.6. The summed E-state index contributed by atoms with van der Waals surface area (Å²) in [4.78, 5) is 25.3. The first-order valence-corrected chi connectivity index (χ1v) is 14.5. The van der Waals surface area contributed by atoms with Crippen LogP contribution in [0.2, 0.25) is 0 Å². The summed E-state index contributed by atoms with van der Waals surface area (Å²) in [6.07, 6.45) is -1.35. The van der Waals surface area contributed by atoms with E-state index in [-0.39, 0.29) is 11.5 Å². The van der Waals surface area contributed by atoms with Gasteiger partial charge < -0.3 is 24.4 Å². The zero-order chi connectivity index (χ0) is 32.6. The Balaban J connectivity index is 1.33.